The third-order valence-corrected chi connectivity index (χ3v) is 5.77. The van der Waals surface area contributed by atoms with Crippen LogP contribution < -0.4 is 0 Å². The van der Waals surface area contributed by atoms with Crippen LogP contribution in [0.3, 0.4) is 0 Å². The number of aryl methyl sites for hydroxylation is 2. The van der Waals surface area contributed by atoms with Gasteiger partial charge in [0.15, 0.2) is 0 Å². The predicted octanol–water partition coefficient (Wildman–Crippen LogP) is 5.68. The van der Waals surface area contributed by atoms with E-state index < -0.39 is 0 Å². The van der Waals surface area contributed by atoms with E-state index in [1.165, 1.54) is 30.4 Å². The number of hydrogen-bond acceptors (Lipinski definition) is 0. The minimum Gasteiger partial charge on any atom is -0.0836 e. The van der Waals surface area contributed by atoms with Gasteiger partial charge >= 0.3 is 0 Å². The van der Waals surface area contributed by atoms with Gasteiger partial charge in [-0.05, 0) is 47.8 Å². The highest BCUT2D eigenvalue weighted by atomic mass is 79.9. The molecule has 0 aliphatic heterocycles. The van der Waals surface area contributed by atoms with Crippen molar-refractivity contribution in [3.63, 3.8) is 0 Å². The van der Waals surface area contributed by atoms with Gasteiger partial charge in [-0.2, -0.15) is 0 Å². The van der Waals surface area contributed by atoms with E-state index in [0.717, 1.165) is 24.7 Å². The predicted molar refractivity (Wildman–Crippen MR) is 83.4 cm³/mol. The molecule has 18 heavy (non-hydrogen) atoms. The smallest absolute Gasteiger partial charge is 0.0428 e. The molecule has 1 aromatic carbocycles. The highest BCUT2D eigenvalue weighted by Crippen LogP contribution is 2.45. The molecule has 0 saturated heterocycles. The Morgan fingerprint density at radius 3 is 2.56 bits per heavy atom. The molecule has 0 bridgehead atoms. The van der Waals surface area contributed by atoms with Crippen LogP contribution in [0.2, 0.25) is 0 Å². The molecule has 1 aliphatic carbocycles. The summed E-state index contributed by atoms with van der Waals surface area (Å²) in [6, 6.07) is 7.06. The van der Waals surface area contributed by atoms with Crippen LogP contribution in [0.5, 0.6) is 0 Å². The molecular formula is C17H25Br. The van der Waals surface area contributed by atoms with Crippen molar-refractivity contribution in [2.75, 3.05) is 0 Å². The monoisotopic (exact) mass is 308 g/mol. The Hall–Kier alpha value is -0.300. The van der Waals surface area contributed by atoms with Gasteiger partial charge in [-0.15, -0.1) is 0 Å². The summed E-state index contributed by atoms with van der Waals surface area (Å²) in [5.41, 5.74) is 4.54. The second kappa shape index (κ2) is 6.23. The van der Waals surface area contributed by atoms with Gasteiger partial charge in [0.25, 0.3) is 0 Å². The van der Waals surface area contributed by atoms with E-state index in [4.69, 9.17) is 0 Å². The van der Waals surface area contributed by atoms with E-state index in [1.54, 1.807) is 5.56 Å². The van der Waals surface area contributed by atoms with Gasteiger partial charge in [0, 0.05) is 4.83 Å². The van der Waals surface area contributed by atoms with Gasteiger partial charge < -0.3 is 0 Å². The lowest BCUT2D eigenvalue weighted by molar-refractivity contribution is 0.413. The largest absolute Gasteiger partial charge is 0.0836 e. The summed E-state index contributed by atoms with van der Waals surface area (Å²) >= 11 is 4.01. The van der Waals surface area contributed by atoms with Gasteiger partial charge in [-0.1, -0.05) is 67.7 Å². The van der Waals surface area contributed by atoms with E-state index in [2.05, 4.69) is 54.9 Å². The molecule has 0 nitrogen and oxygen atoms in total. The summed E-state index contributed by atoms with van der Waals surface area (Å²) in [5, 5.41) is 0. The Labute approximate surface area is 120 Å². The van der Waals surface area contributed by atoms with Crippen LogP contribution in [0.1, 0.15) is 61.6 Å². The molecule has 1 aromatic rings. The van der Waals surface area contributed by atoms with E-state index in [9.17, 15) is 0 Å². The van der Waals surface area contributed by atoms with E-state index >= 15 is 0 Å². The fourth-order valence-electron chi connectivity index (χ4n) is 3.28. The maximum absolute atomic E-state index is 4.01. The quantitative estimate of drug-likeness (QED) is 0.627. The Kier molecular flexibility index (Phi) is 4.89. The van der Waals surface area contributed by atoms with Gasteiger partial charge in [0.2, 0.25) is 0 Å². The second-order valence-electron chi connectivity index (χ2n) is 5.71. The first-order chi connectivity index (χ1) is 8.67. The van der Waals surface area contributed by atoms with Crippen molar-refractivity contribution in [3.05, 3.63) is 34.9 Å². The molecule has 0 heterocycles. The molecule has 0 spiro atoms. The zero-order chi connectivity index (χ0) is 13.1. The van der Waals surface area contributed by atoms with Crippen molar-refractivity contribution >= 4 is 15.9 Å². The standard InChI is InChI=1S/C17H25Br/c1-4-13-9-10-14(5-2)16(11-13)17(18)15-8-6-7-12(15)3/h9-12,15,17H,4-8H2,1-3H3. The van der Waals surface area contributed by atoms with Gasteiger partial charge in [-0.25, -0.2) is 0 Å². The first-order valence-corrected chi connectivity index (χ1v) is 8.34. The Morgan fingerprint density at radius 1 is 1.22 bits per heavy atom. The maximum Gasteiger partial charge on any atom is 0.0428 e. The number of hydrogen-bond donors (Lipinski definition) is 0. The Morgan fingerprint density at radius 2 is 2.00 bits per heavy atom. The lowest BCUT2D eigenvalue weighted by atomic mass is 9.87. The molecule has 100 valence electrons. The lowest BCUT2D eigenvalue weighted by Crippen LogP contribution is -2.12. The zero-order valence-corrected chi connectivity index (χ0v) is 13.5. The topological polar surface area (TPSA) is 0 Å². The average molecular weight is 309 g/mol. The number of alkyl halides is 1. The molecule has 1 aliphatic rings. The van der Waals surface area contributed by atoms with Gasteiger partial charge in [-0.3, -0.25) is 0 Å². The van der Waals surface area contributed by atoms with Crippen LogP contribution >= 0.6 is 15.9 Å². The normalized spacial score (nSPS) is 25.3. The maximum atomic E-state index is 4.01. The summed E-state index contributed by atoms with van der Waals surface area (Å²) in [4.78, 5) is 0.552. The summed E-state index contributed by atoms with van der Waals surface area (Å²) in [6.45, 7) is 6.93. The van der Waals surface area contributed by atoms with Crippen molar-refractivity contribution < 1.29 is 0 Å². The molecule has 2 rings (SSSR count). The highest BCUT2D eigenvalue weighted by molar-refractivity contribution is 9.09. The minimum atomic E-state index is 0.552. The van der Waals surface area contributed by atoms with E-state index in [-0.39, 0.29) is 0 Å². The lowest BCUT2D eigenvalue weighted by Gasteiger charge is -2.24. The third-order valence-electron chi connectivity index (χ3n) is 4.60. The highest BCUT2D eigenvalue weighted by Gasteiger charge is 2.31. The Balaban J connectivity index is 2.29. The van der Waals surface area contributed by atoms with Crippen molar-refractivity contribution in [1.29, 1.82) is 0 Å². The number of rotatable bonds is 4. The molecule has 1 heteroatoms. The molecule has 1 fully saturated rings. The minimum absolute atomic E-state index is 0.552. The van der Waals surface area contributed by atoms with Crippen LogP contribution in [0.15, 0.2) is 18.2 Å². The van der Waals surface area contributed by atoms with E-state index in [0.29, 0.717) is 4.83 Å². The van der Waals surface area contributed by atoms with Crippen LogP contribution in [-0.2, 0) is 12.8 Å². The number of benzene rings is 1. The van der Waals surface area contributed by atoms with Crippen LogP contribution in [0, 0.1) is 11.8 Å². The second-order valence-corrected chi connectivity index (χ2v) is 6.70. The average Bonchev–Trinajstić information content (AvgIpc) is 2.83. The van der Waals surface area contributed by atoms with Gasteiger partial charge in [0.05, 0.1) is 0 Å². The molecule has 0 amide bonds. The molecular weight excluding hydrogens is 284 g/mol. The van der Waals surface area contributed by atoms with Crippen molar-refractivity contribution in [3.8, 4) is 0 Å². The molecule has 3 atom stereocenters. The molecule has 0 radical (unpaired) electrons. The van der Waals surface area contributed by atoms with Crippen molar-refractivity contribution in [2.45, 2.75) is 57.7 Å². The van der Waals surface area contributed by atoms with Crippen LogP contribution in [0.4, 0.5) is 0 Å². The van der Waals surface area contributed by atoms with Crippen LogP contribution in [0.25, 0.3) is 0 Å². The molecule has 3 unspecified atom stereocenters. The zero-order valence-electron chi connectivity index (χ0n) is 11.9. The van der Waals surface area contributed by atoms with Crippen molar-refractivity contribution in [1.82, 2.24) is 0 Å². The van der Waals surface area contributed by atoms with Crippen molar-refractivity contribution in [2.24, 2.45) is 11.8 Å². The molecule has 1 saturated carbocycles. The number of halogens is 1. The van der Waals surface area contributed by atoms with E-state index in [1.807, 2.05) is 0 Å². The molecule has 0 N–H and O–H groups in total. The SMILES string of the molecule is CCc1ccc(CC)c(C(Br)C2CCCC2C)c1. The van der Waals surface area contributed by atoms with Gasteiger partial charge in [0.1, 0.15) is 0 Å². The summed E-state index contributed by atoms with van der Waals surface area (Å²) in [6.07, 6.45) is 6.47. The molecule has 0 aromatic heterocycles. The van der Waals surface area contributed by atoms with Crippen LogP contribution in [-0.4, -0.2) is 0 Å². The summed E-state index contributed by atoms with van der Waals surface area (Å²) in [7, 11) is 0. The Bertz CT molecular complexity index is 397. The fraction of sp³-hybridized carbons (Fsp3) is 0.647. The first-order valence-electron chi connectivity index (χ1n) is 7.43. The summed E-state index contributed by atoms with van der Waals surface area (Å²) < 4.78 is 0. The first kappa shape index (κ1) is 14.1. The fourth-order valence-corrected chi connectivity index (χ4v) is 4.49. The third kappa shape index (κ3) is 2.82. The summed E-state index contributed by atoms with van der Waals surface area (Å²) in [5.74, 6) is 1.69.